The molecular formula is C17H21N3O4S. The second-order valence-electron chi connectivity index (χ2n) is 6.20. The first-order chi connectivity index (χ1) is 12.0. The van der Waals surface area contributed by atoms with Crippen LogP contribution < -0.4 is 0 Å². The van der Waals surface area contributed by atoms with Gasteiger partial charge in [0.05, 0.1) is 24.9 Å². The van der Waals surface area contributed by atoms with Gasteiger partial charge < -0.3 is 9.47 Å². The van der Waals surface area contributed by atoms with E-state index in [-0.39, 0.29) is 23.8 Å². The van der Waals surface area contributed by atoms with Gasteiger partial charge in [0.25, 0.3) is 0 Å². The van der Waals surface area contributed by atoms with Crippen molar-refractivity contribution in [2.45, 2.75) is 51.7 Å². The molecule has 0 aliphatic heterocycles. The number of methoxy groups -OCH3 is 1. The summed E-state index contributed by atoms with van der Waals surface area (Å²) in [7, 11) is 1.30. The van der Waals surface area contributed by atoms with Gasteiger partial charge in [-0.2, -0.15) is 0 Å². The lowest BCUT2D eigenvalue weighted by Crippen LogP contribution is -2.32. The summed E-state index contributed by atoms with van der Waals surface area (Å²) < 4.78 is 12.1. The molecule has 2 aromatic rings. The highest BCUT2D eigenvalue weighted by atomic mass is 32.1. The molecule has 8 heteroatoms. The second-order valence-corrected chi connectivity index (χ2v) is 7.66. The average Bonchev–Trinajstić information content (AvgIpc) is 3.21. The number of rotatable bonds is 4. The monoisotopic (exact) mass is 363 g/mol. The molecule has 25 heavy (non-hydrogen) atoms. The fraction of sp³-hybridized carbons (Fsp3) is 0.529. The zero-order chi connectivity index (χ0) is 18.0. The molecule has 134 valence electrons. The van der Waals surface area contributed by atoms with E-state index in [1.807, 2.05) is 19.9 Å². The van der Waals surface area contributed by atoms with Crippen LogP contribution in [0.25, 0.3) is 0 Å². The Morgan fingerprint density at radius 1 is 1.24 bits per heavy atom. The quantitative estimate of drug-likeness (QED) is 0.776. The first-order valence-electron chi connectivity index (χ1n) is 8.27. The summed E-state index contributed by atoms with van der Waals surface area (Å²) in [6, 6.07) is 1.74. The summed E-state index contributed by atoms with van der Waals surface area (Å²) in [5, 5.41) is 7.89. The summed E-state index contributed by atoms with van der Waals surface area (Å²) in [6.45, 7) is 3.90. The summed E-state index contributed by atoms with van der Waals surface area (Å²) >= 11 is 1.59. The van der Waals surface area contributed by atoms with Crippen molar-refractivity contribution in [3.63, 3.8) is 0 Å². The molecule has 3 rings (SSSR count). The van der Waals surface area contributed by atoms with Crippen LogP contribution in [0.1, 0.15) is 62.3 Å². The molecule has 0 unspecified atom stereocenters. The van der Waals surface area contributed by atoms with Crippen molar-refractivity contribution in [2.24, 2.45) is 0 Å². The Bertz CT molecular complexity index is 783. The zero-order valence-corrected chi connectivity index (χ0v) is 15.3. The molecule has 0 aromatic carbocycles. The smallest absolute Gasteiger partial charge is 0.360 e. The van der Waals surface area contributed by atoms with Crippen molar-refractivity contribution >= 4 is 23.3 Å². The van der Waals surface area contributed by atoms with Gasteiger partial charge in [-0.05, 0) is 39.2 Å². The number of ether oxygens (including phenoxy) is 2. The van der Waals surface area contributed by atoms with Gasteiger partial charge in [-0.15, -0.1) is 16.4 Å². The lowest BCUT2D eigenvalue weighted by molar-refractivity contribution is 0.00172. The Labute approximate surface area is 149 Å². The van der Waals surface area contributed by atoms with Crippen molar-refractivity contribution in [3.8, 4) is 0 Å². The number of thiophene rings is 1. The van der Waals surface area contributed by atoms with E-state index in [0.717, 1.165) is 35.4 Å². The van der Waals surface area contributed by atoms with E-state index in [1.54, 1.807) is 22.2 Å². The maximum absolute atomic E-state index is 12.5. The molecule has 2 aromatic heterocycles. The van der Waals surface area contributed by atoms with Gasteiger partial charge in [0.15, 0.2) is 5.69 Å². The summed E-state index contributed by atoms with van der Waals surface area (Å²) in [6.07, 6.45) is 4.88. The molecule has 1 aliphatic carbocycles. The van der Waals surface area contributed by atoms with E-state index in [0.29, 0.717) is 5.56 Å². The highest BCUT2D eigenvalue weighted by molar-refractivity contribution is 7.12. The SMILES string of the molecule is COC(=O)c1cn([C@@H]2CCCC[C@@H]2OC(=O)c2cc(C)sc2C)nn1. The predicted molar refractivity (Wildman–Crippen MR) is 91.9 cm³/mol. The fourth-order valence-electron chi connectivity index (χ4n) is 3.19. The summed E-state index contributed by atoms with van der Waals surface area (Å²) in [5.74, 6) is -0.827. The second kappa shape index (κ2) is 7.35. The molecule has 0 saturated heterocycles. The zero-order valence-electron chi connectivity index (χ0n) is 14.5. The van der Waals surface area contributed by atoms with Crippen molar-refractivity contribution in [1.29, 1.82) is 0 Å². The summed E-state index contributed by atoms with van der Waals surface area (Å²) in [4.78, 5) is 26.2. The molecule has 0 bridgehead atoms. The van der Waals surface area contributed by atoms with Crippen LogP contribution in [0.5, 0.6) is 0 Å². The Balaban J connectivity index is 1.77. The van der Waals surface area contributed by atoms with Crippen LogP contribution in [0.15, 0.2) is 12.3 Å². The number of hydrogen-bond donors (Lipinski definition) is 0. The largest absolute Gasteiger partial charge is 0.464 e. The minimum atomic E-state index is -0.528. The van der Waals surface area contributed by atoms with Crippen LogP contribution in [0.3, 0.4) is 0 Å². The van der Waals surface area contributed by atoms with Crippen molar-refractivity contribution in [3.05, 3.63) is 33.3 Å². The van der Waals surface area contributed by atoms with Crippen molar-refractivity contribution in [1.82, 2.24) is 15.0 Å². The third kappa shape index (κ3) is 3.73. The van der Waals surface area contributed by atoms with Crippen LogP contribution in [0, 0.1) is 13.8 Å². The molecular weight excluding hydrogens is 342 g/mol. The maximum Gasteiger partial charge on any atom is 0.360 e. The molecule has 1 fully saturated rings. The van der Waals surface area contributed by atoms with Crippen LogP contribution in [0.2, 0.25) is 0 Å². The minimum Gasteiger partial charge on any atom is -0.464 e. The fourth-order valence-corrected chi connectivity index (χ4v) is 4.10. The Kier molecular flexibility index (Phi) is 5.17. The highest BCUT2D eigenvalue weighted by Gasteiger charge is 2.32. The molecule has 1 aliphatic rings. The van der Waals surface area contributed by atoms with E-state index in [2.05, 4.69) is 15.0 Å². The van der Waals surface area contributed by atoms with Gasteiger partial charge >= 0.3 is 11.9 Å². The van der Waals surface area contributed by atoms with Crippen LogP contribution in [0.4, 0.5) is 0 Å². The Hall–Kier alpha value is -2.22. The molecule has 0 spiro atoms. The first kappa shape index (κ1) is 17.6. The van der Waals surface area contributed by atoms with Crippen LogP contribution in [-0.2, 0) is 9.47 Å². The average molecular weight is 363 g/mol. The standard InChI is InChI=1S/C17H21N3O4S/c1-10-8-12(11(2)25-10)16(21)24-15-7-5-4-6-14(15)20-9-13(18-19-20)17(22)23-3/h8-9,14-15H,4-7H2,1-3H3/t14-,15+/m1/s1. The number of carbonyl (C=O) groups excluding carboxylic acids is 2. The number of aryl methyl sites for hydroxylation is 2. The van der Waals surface area contributed by atoms with Gasteiger partial charge in [-0.1, -0.05) is 11.6 Å². The van der Waals surface area contributed by atoms with E-state index >= 15 is 0 Å². The molecule has 1 saturated carbocycles. The number of hydrogen-bond acceptors (Lipinski definition) is 7. The molecule has 0 N–H and O–H groups in total. The van der Waals surface area contributed by atoms with Gasteiger partial charge in [-0.3, -0.25) is 0 Å². The highest BCUT2D eigenvalue weighted by Crippen LogP contribution is 2.32. The lowest BCUT2D eigenvalue weighted by atomic mass is 9.92. The van der Waals surface area contributed by atoms with E-state index < -0.39 is 5.97 Å². The number of aromatic nitrogens is 3. The van der Waals surface area contributed by atoms with E-state index in [1.165, 1.54) is 7.11 Å². The van der Waals surface area contributed by atoms with Crippen molar-refractivity contribution in [2.75, 3.05) is 7.11 Å². The number of carbonyl (C=O) groups is 2. The van der Waals surface area contributed by atoms with Gasteiger partial charge in [0, 0.05) is 9.75 Å². The Morgan fingerprint density at radius 3 is 2.68 bits per heavy atom. The number of nitrogens with zero attached hydrogens (tertiary/aromatic N) is 3. The summed E-state index contributed by atoms with van der Waals surface area (Å²) in [5.41, 5.74) is 0.781. The number of esters is 2. The maximum atomic E-state index is 12.5. The third-order valence-electron chi connectivity index (χ3n) is 4.43. The van der Waals surface area contributed by atoms with Crippen LogP contribution in [-0.4, -0.2) is 40.1 Å². The molecule has 2 heterocycles. The minimum absolute atomic E-state index is 0.122. The van der Waals surface area contributed by atoms with E-state index in [9.17, 15) is 9.59 Å². The van der Waals surface area contributed by atoms with Crippen molar-refractivity contribution < 1.29 is 19.1 Å². The van der Waals surface area contributed by atoms with E-state index in [4.69, 9.17) is 4.74 Å². The normalized spacial score (nSPS) is 20.3. The Morgan fingerprint density at radius 2 is 2.00 bits per heavy atom. The van der Waals surface area contributed by atoms with Gasteiger partial charge in [-0.25, -0.2) is 14.3 Å². The topological polar surface area (TPSA) is 83.3 Å². The van der Waals surface area contributed by atoms with Gasteiger partial charge in [0.2, 0.25) is 0 Å². The molecule has 2 atom stereocenters. The predicted octanol–water partition coefficient (Wildman–Crippen LogP) is 3.08. The van der Waals surface area contributed by atoms with Gasteiger partial charge in [0.1, 0.15) is 6.10 Å². The molecule has 0 radical (unpaired) electrons. The molecule has 0 amide bonds. The van der Waals surface area contributed by atoms with Crippen LogP contribution >= 0.6 is 11.3 Å². The molecule has 7 nitrogen and oxygen atoms in total. The first-order valence-corrected chi connectivity index (χ1v) is 9.09. The third-order valence-corrected chi connectivity index (χ3v) is 5.40. The lowest BCUT2D eigenvalue weighted by Gasteiger charge is -2.30.